The highest BCUT2D eigenvalue weighted by Crippen LogP contribution is 2.38. The molecule has 0 aromatic carbocycles. The second kappa shape index (κ2) is 7.13. The molecule has 0 rings (SSSR count). The van der Waals surface area contributed by atoms with Crippen molar-refractivity contribution in [2.75, 3.05) is 13.2 Å². The van der Waals surface area contributed by atoms with Gasteiger partial charge in [0, 0.05) is 0 Å². The SMILES string of the molecule is O=P([O-])(OCC(F)F)OCC(F)F.[NH4+]. The molecule has 0 unspecified atom stereocenters. The van der Waals surface area contributed by atoms with E-state index in [1.807, 2.05) is 0 Å². The van der Waals surface area contributed by atoms with E-state index in [-0.39, 0.29) is 6.15 Å². The van der Waals surface area contributed by atoms with Crippen LogP contribution in [-0.2, 0) is 13.6 Å². The maximum Gasteiger partial charge on any atom is 0.268 e. The van der Waals surface area contributed by atoms with Gasteiger partial charge in [0.1, 0.15) is 13.2 Å². The van der Waals surface area contributed by atoms with Crippen molar-refractivity contribution in [3.05, 3.63) is 0 Å². The zero-order chi connectivity index (χ0) is 10.5. The van der Waals surface area contributed by atoms with Gasteiger partial charge >= 0.3 is 0 Å². The number of rotatable bonds is 6. The van der Waals surface area contributed by atoms with E-state index >= 15 is 0 Å². The van der Waals surface area contributed by atoms with Crippen LogP contribution in [0.3, 0.4) is 0 Å². The molecule has 0 aliphatic carbocycles. The molecule has 4 N–H and O–H groups in total. The monoisotopic (exact) mass is 243 g/mol. The number of halogens is 4. The molecular weight excluding hydrogens is 233 g/mol. The summed E-state index contributed by atoms with van der Waals surface area (Å²) in [7, 11) is -5.01. The molecule has 0 aromatic heterocycles. The maximum atomic E-state index is 11.4. The van der Waals surface area contributed by atoms with E-state index in [4.69, 9.17) is 0 Å². The van der Waals surface area contributed by atoms with Crippen LogP contribution in [0.5, 0.6) is 0 Å². The van der Waals surface area contributed by atoms with Crippen LogP contribution in [0.4, 0.5) is 17.6 Å². The van der Waals surface area contributed by atoms with Gasteiger partial charge in [-0.3, -0.25) is 4.57 Å². The molecule has 0 amide bonds. The largest absolute Gasteiger partial charge is 0.756 e. The molecule has 88 valence electrons. The summed E-state index contributed by atoms with van der Waals surface area (Å²) >= 11 is 0. The second-order valence-corrected chi connectivity index (χ2v) is 3.23. The molecule has 14 heavy (non-hydrogen) atoms. The van der Waals surface area contributed by atoms with Gasteiger partial charge in [-0.1, -0.05) is 0 Å². The Balaban J connectivity index is 0. The summed E-state index contributed by atoms with van der Waals surface area (Å²) in [4.78, 5) is 10.4. The van der Waals surface area contributed by atoms with Crippen molar-refractivity contribution in [1.29, 1.82) is 0 Å². The van der Waals surface area contributed by atoms with Crippen LogP contribution in [0, 0.1) is 0 Å². The third kappa shape index (κ3) is 9.87. The van der Waals surface area contributed by atoms with Crippen LogP contribution in [0.25, 0.3) is 0 Å². The van der Waals surface area contributed by atoms with Crippen molar-refractivity contribution in [1.82, 2.24) is 6.15 Å². The fourth-order valence-electron chi connectivity index (χ4n) is 0.333. The number of phosphoric ester groups is 1. The molecule has 0 aliphatic heterocycles. The summed E-state index contributed by atoms with van der Waals surface area (Å²) in [5.41, 5.74) is 0. The van der Waals surface area contributed by atoms with Crippen molar-refractivity contribution in [2.24, 2.45) is 0 Å². The number of alkyl halides is 4. The average Bonchev–Trinajstić information content (AvgIpc) is 1.98. The number of phosphoric acid groups is 1. The molecule has 0 radical (unpaired) electrons. The van der Waals surface area contributed by atoms with E-state index in [9.17, 15) is 27.0 Å². The van der Waals surface area contributed by atoms with Gasteiger partial charge < -0.3 is 20.1 Å². The quantitative estimate of drug-likeness (QED) is 0.563. The van der Waals surface area contributed by atoms with Crippen LogP contribution in [0.1, 0.15) is 0 Å². The van der Waals surface area contributed by atoms with Crippen molar-refractivity contribution >= 4 is 7.82 Å². The summed E-state index contributed by atoms with van der Waals surface area (Å²) in [5, 5.41) is 0. The van der Waals surface area contributed by atoms with Crippen molar-refractivity contribution in [2.45, 2.75) is 12.9 Å². The number of hydrogen-bond acceptors (Lipinski definition) is 4. The van der Waals surface area contributed by atoms with E-state index in [0.717, 1.165) is 0 Å². The fraction of sp³-hybridized carbons (Fsp3) is 1.00. The fourth-order valence-corrected chi connectivity index (χ4v) is 0.998. The van der Waals surface area contributed by atoms with E-state index in [2.05, 4.69) is 9.05 Å². The first kappa shape index (κ1) is 16.2. The van der Waals surface area contributed by atoms with Crippen LogP contribution in [-0.4, -0.2) is 26.1 Å². The first-order chi connectivity index (χ1) is 5.83. The molecule has 5 nitrogen and oxygen atoms in total. The van der Waals surface area contributed by atoms with E-state index in [1.54, 1.807) is 0 Å². The molecule has 0 heterocycles. The standard InChI is InChI=1S/C4H7F4O4P.H3N/c5-3(6)1-11-13(9,10)12-2-4(7)8;/h3-4H,1-2H2,(H,9,10);1H3. The highest BCUT2D eigenvalue weighted by molar-refractivity contribution is 7.45. The van der Waals surface area contributed by atoms with Crippen LogP contribution in [0.15, 0.2) is 0 Å². The van der Waals surface area contributed by atoms with Gasteiger partial charge in [0.15, 0.2) is 0 Å². The third-order valence-electron chi connectivity index (χ3n) is 0.717. The Morgan fingerprint density at radius 3 is 1.57 bits per heavy atom. The lowest BCUT2D eigenvalue weighted by Gasteiger charge is -2.21. The Kier molecular flexibility index (Phi) is 8.27. The van der Waals surface area contributed by atoms with Crippen LogP contribution >= 0.6 is 7.82 Å². The minimum absolute atomic E-state index is 0. The number of hydrogen-bond donors (Lipinski definition) is 1. The predicted molar refractivity (Wildman–Crippen MR) is 37.5 cm³/mol. The smallest absolute Gasteiger partial charge is 0.268 e. The van der Waals surface area contributed by atoms with E-state index in [1.165, 1.54) is 0 Å². The van der Waals surface area contributed by atoms with E-state index in [0.29, 0.717) is 0 Å². The van der Waals surface area contributed by atoms with Gasteiger partial charge in [0.25, 0.3) is 20.7 Å². The third-order valence-corrected chi connectivity index (χ3v) is 1.65. The Labute approximate surface area is 77.2 Å². The number of quaternary nitrogens is 1. The van der Waals surface area contributed by atoms with Crippen molar-refractivity contribution < 1.29 is 36.1 Å². The van der Waals surface area contributed by atoms with Crippen molar-refractivity contribution in [3.63, 3.8) is 0 Å². The summed E-state index contributed by atoms with van der Waals surface area (Å²) in [5.74, 6) is 0. The van der Waals surface area contributed by atoms with Crippen molar-refractivity contribution in [3.8, 4) is 0 Å². The molecular formula is C4H10F4NO4P. The summed E-state index contributed by atoms with van der Waals surface area (Å²) in [6.45, 7) is -2.80. The van der Waals surface area contributed by atoms with Gasteiger partial charge in [0.05, 0.1) is 0 Å². The highest BCUT2D eigenvalue weighted by atomic mass is 31.2. The molecule has 10 heteroatoms. The zero-order valence-electron chi connectivity index (χ0n) is 7.16. The summed E-state index contributed by atoms with van der Waals surface area (Å²) in [6.07, 6.45) is -6.00. The van der Waals surface area contributed by atoms with Gasteiger partial charge in [-0.15, -0.1) is 0 Å². The first-order valence-corrected chi connectivity index (χ1v) is 4.46. The molecule has 0 saturated carbocycles. The minimum atomic E-state index is -5.01. The van der Waals surface area contributed by atoms with Gasteiger partial charge in [-0.05, 0) is 0 Å². The predicted octanol–water partition coefficient (Wildman–Crippen LogP) is 1.39. The molecule has 0 fully saturated rings. The first-order valence-electron chi connectivity index (χ1n) is 3.00. The lowest BCUT2D eigenvalue weighted by Crippen LogP contribution is -2.15. The normalized spacial score (nSPS) is 11.9. The second-order valence-electron chi connectivity index (χ2n) is 1.82. The summed E-state index contributed by atoms with van der Waals surface area (Å²) < 4.78 is 62.9. The Morgan fingerprint density at radius 2 is 1.36 bits per heavy atom. The average molecular weight is 243 g/mol. The van der Waals surface area contributed by atoms with Gasteiger partial charge in [-0.2, -0.15) is 0 Å². The van der Waals surface area contributed by atoms with Crippen LogP contribution < -0.4 is 11.0 Å². The maximum absolute atomic E-state index is 11.4. The lowest BCUT2D eigenvalue weighted by molar-refractivity contribution is -0.230. The van der Waals surface area contributed by atoms with Crippen LogP contribution in [0.2, 0.25) is 0 Å². The molecule has 0 atom stereocenters. The van der Waals surface area contributed by atoms with Gasteiger partial charge in [-0.25, -0.2) is 17.6 Å². The molecule has 0 spiro atoms. The minimum Gasteiger partial charge on any atom is -0.756 e. The van der Waals surface area contributed by atoms with E-state index < -0.39 is 33.9 Å². The molecule has 0 aliphatic rings. The summed E-state index contributed by atoms with van der Waals surface area (Å²) in [6, 6.07) is 0. The van der Waals surface area contributed by atoms with Gasteiger partial charge in [0.2, 0.25) is 0 Å². The topological polar surface area (TPSA) is 95.1 Å². The molecule has 0 saturated heterocycles. The Hall–Kier alpha value is -0.210. The highest BCUT2D eigenvalue weighted by Gasteiger charge is 2.15. The molecule has 0 bridgehead atoms. The molecule has 0 aromatic rings. The Bertz CT molecular complexity index is 176. The Morgan fingerprint density at radius 1 is 1.07 bits per heavy atom. The zero-order valence-corrected chi connectivity index (χ0v) is 8.06. The lowest BCUT2D eigenvalue weighted by atomic mass is 10.8.